The molecule has 1 aromatic rings. The summed E-state index contributed by atoms with van der Waals surface area (Å²) in [4.78, 5) is 2.30. The van der Waals surface area contributed by atoms with Gasteiger partial charge in [0, 0.05) is 12.6 Å². The van der Waals surface area contributed by atoms with Gasteiger partial charge in [-0.25, -0.2) is 0 Å². The molecule has 1 aliphatic heterocycles. The van der Waals surface area contributed by atoms with E-state index in [0.29, 0.717) is 29.5 Å². The van der Waals surface area contributed by atoms with Crippen LogP contribution < -0.4 is 4.74 Å². The number of methoxy groups -OCH3 is 1. The second-order valence-corrected chi connectivity index (χ2v) is 5.21. The van der Waals surface area contributed by atoms with Crippen LogP contribution in [0.2, 0.25) is 0 Å². The van der Waals surface area contributed by atoms with Crippen molar-refractivity contribution >= 4 is 5.71 Å². The van der Waals surface area contributed by atoms with Crippen molar-refractivity contribution in [2.75, 3.05) is 20.7 Å². The third-order valence-corrected chi connectivity index (χ3v) is 4.27. The molecule has 102 valence electrons. The van der Waals surface area contributed by atoms with Crippen LogP contribution in [0.5, 0.6) is 11.5 Å². The molecule has 0 amide bonds. The van der Waals surface area contributed by atoms with Crippen molar-refractivity contribution in [3.05, 3.63) is 22.8 Å². The lowest BCUT2D eigenvalue weighted by atomic mass is 9.79. The van der Waals surface area contributed by atoms with E-state index >= 15 is 0 Å². The minimum Gasteiger partial charge on any atom is -0.504 e. The number of phenolic OH excluding ortho intramolecular Hbond substituents is 1. The molecule has 0 saturated carbocycles. The Bertz CT molecular complexity index is 554. The number of ether oxygens (including phenoxy) is 1. The molecular weight excluding hydrogens is 244 g/mol. The Labute approximate surface area is 112 Å². The molecule has 5 nitrogen and oxygen atoms in total. The highest BCUT2D eigenvalue weighted by Gasteiger charge is 2.36. The van der Waals surface area contributed by atoms with Gasteiger partial charge in [0.25, 0.3) is 0 Å². The van der Waals surface area contributed by atoms with E-state index < -0.39 is 0 Å². The molecule has 0 saturated heterocycles. The first-order valence-electron chi connectivity index (χ1n) is 6.51. The van der Waals surface area contributed by atoms with E-state index in [-0.39, 0.29) is 5.75 Å². The van der Waals surface area contributed by atoms with Gasteiger partial charge >= 0.3 is 0 Å². The fraction of sp³-hybridized carbons (Fsp3) is 0.500. The molecule has 1 heterocycles. The number of oxime groups is 1. The van der Waals surface area contributed by atoms with Crippen LogP contribution in [0, 0.1) is 0 Å². The summed E-state index contributed by atoms with van der Waals surface area (Å²) in [6.07, 6.45) is 2.50. The summed E-state index contributed by atoms with van der Waals surface area (Å²) in [5.74, 6) is 0.550. The Hall–Kier alpha value is -1.75. The Morgan fingerprint density at radius 2 is 2.21 bits per heavy atom. The smallest absolute Gasteiger partial charge is 0.167 e. The highest BCUT2D eigenvalue weighted by atomic mass is 16.5. The van der Waals surface area contributed by atoms with Crippen LogP contribution in [0.25, 0.3) is 0 Å². The monoisotopic (exact) mass is 262 g/mol. The van der Waals surface area contributed by atoms with Crippen LogP contribution in [0.4, 0.5) is 0 Å². The largest absolute Gasteiger partial charge is 0.504 e. The van der Waals surface area contributed by atoms with Gasteiger partial charge in [0.2, 0.25) is 0 Å². The molecule has 5 heteroatoms. The first kappa shape index (κ1) is 12.3. The molecule has 0 radical (unpaired) electrons. The van der Waals surface area contributed by atoms with Gasteiger partial charge < -0.3 is 15.1 Å². The van der Waals surface area contributed by atoms with Gasteiger partial charge in [-0.15, -0.1) is 0 Å². The van der Waals surface area contributed by atoms with E-state index in [4.69, 9.17) is 4.74 Å². The molecule has 0 bridgehead atoms. The van der Waals surface area contributed by atoms with Crippen LogP contribution in [0.3, 0.4) is 0 Å². The highest BCUT2D eigenvalue weighted by Crippen LogP contribution is 2.46. The Morgan fingerprint density at radius 3 is 2.89 bits per heavy atom. The standard InChI is InChI=1S/C14H18N2O3/c1-16-6-5-8-7-11(19-2)14(17)13-9(15-18)3-4-10(16)12(8)13/h7,10,17-18H,3-6H2,1-2H3/b15-9+. The zero-order valence-corrected chi connectivity index (χ0v) is 11.2. The second kappa shape index (κ2) is 4.42. The lowest BCUT2D eigenvalue weighted by Gasteiger charge is -2.39. The number of phenols is 1. The molecule has 19 heavy (non-hydrogen) atoms. The molecule has 1 aliphatic carbocycles. The maximum absolute atomic E-state index is 10.3. The molecule has 1 unspecified atom stereocenters. The van der Waals surface area contributed by atoms with Gasteiger partial charge in [0.05, 0.1) is 18.4 Å². The molecule has 3 rings (SSSR count). The van der Waals surface area contributed by atoms with E-state index in [1.54, 1.807) is 7.11 Å². The van der Waals surface area contributed by atoms with Gasteiger partial charge in [0.1, 0.15) is 0 Å². The number of benzene rings is 1. The van der Waals surface area contributed by atoms with E-state index in [1.807, 2.05) is 6.07 Å². The zero-order chi connectivity index (χ0) is 13.6. The molecule has 0 aromatic heterocycles. The summed E-state index contributed by atoms with van der Waals surface area (Å²) in [5, 5.41) is 22.9. The van der Waals surface area contributed by atoms with Gasteiger partial charge in [-0.2, -0.15) is 0 Å². The van der Waals surface area contributed by atoms with Crippen LogP contribution in [0.15, 0.2) is 11.2 Å². The van der Waals surface area contributed by atoms with Crippen molar-refractivity contribution in [2.45, 2.75) is 25.3 Å². The summed E-state index contributed by atoms with van der Waals surface area (Å²) in [5.41, 5.74) is 3.51. The van der Waals surface area contributed by atoms with Crippen molar-refractivity contribution in [3.63, 3.8) is 0 Å². The molecule has 1 aromatic carbocycles. The number of hydrogen-bond donors (Lipinski definition) is 2. The lowest BCUT2D eigenvalue weighted by Crippen LogP contribution is -2.36. The Kier molecular flexibility index (Phi) is 2.86. The molecule has 0 spiro atoms. The lowest BCUT2D eigenvalue weighted by molar-refractivity contribution is 0.215. The quantitative estimate of drug-likeness (QED) is 0.599. The first-order chi connectivity index (χ1) is 9.17. The Balaban J connectivity index is 2.29. The number of rotatable bonds is 1. The van der Waals surface area contributed by atoms with Gasteiger partial charge in [-0.3, -0.25) is 4.90 Å². The number of aromatic hydroxyl groups is 1. The third-order valence-electron chi connectivity index (χ3n) is 4.27. The number of likely N-dealkylation sites (N-methyl/N-ethyl adjacent to an activating group) is 1. The average Bonchev–Trinajstić information content (AvgIpc) is 2.44. The molecule has 2 aliphatic rings. The van der Waals surface area contributed by atoms with Gasteiger partial charge in [0.15, 0.2) is 11.5 Å². The van der Waals surface area contributed by atoms with E-state index in [2.05, 4.69) is 17.1 Å². The molecule has 1 atom stereocenters. The van der Waals surface area contributed by atoms with Crippen LogP contribution >= 0.6 is 0 Å². The predicted molar refractivity (Wildman–Crippen MR) is 71.3 cm³/mol. The first-order valence-corrected chi connectivity index (χ1v) is 6.51. The fourth-order valence-corrected chi connectivity index (χ4v) is 3.29. The van der Waals surface area contributed by atoms with Crippen LogP contribution in [-0.4, -0.2) is 41.6 Å². The van der Waals surface area contributed by atoms with E-state index in [0.717, 1.165) is 24.9 Å². The molecule has 2 N–H and O–H groups in total. The minimum atomic E-state index is 0.0917. The fourth-order valence-electron chi connectivity index (χ4n) is 3.29. The number of nitrogens with zero attached hydrogens (tertiary/aromatic N) is 2. The topological polar surface area (TPSA) is 65.3 Å². The van der Waals surface area contributed by atoms with E-state index in [9.17, 15) is 10.3 Å². The van der Waals surface area contributed by atoms with Crippen LogP contribution in [-0.2, 0) is 6.42 Å². The van der Waals surface area contributed by atoms with E-state index in [1.165, 1.54) is 5.56 Å². The summed E-state index contributed by atoms with van der Waals surface area (Å²) in [6, 6.07) is 2.20. The van der Waals surface area contributed by atoms with Gasteiger partial charge in [-0.1, -0.05) is 5.16 Å². The predicted octanol–water partition coefficient (Wildman–Crippen LogP) is 1.90. The van der Waals surface area contributed by atoms with Crippen molar-refractivity contribution in [2.24, 2.45) is 5.16 Å². The van der Waals surface area contributed by atoms with Crippen molar-refractivity contribution in [3.8, 4) is 11.5 Å². The number of hydrogen-bond acceptors (Lipinski definition) is 5. The van der Waals surface area contributed by atoms with Crippen LogP contribution in [0.1, 0.15) is 35.6 Å². The maximum Gasteiger partial charge on any atom is 0.167 e. The molecule has 0 fully saturated rings. The van der Waals surface area contributed by atoms with Crippen molar-refractivity contribution in [1.29, 1.82) is 0 Å². The van der Waals surface area contributed by atoms with Crippen molar-refractivity contribution in [1.82, 2.24) is 4.90 Å². The summed E-state index contributed by atoms with van der Waals surface area (Å²) >= 11 is 0. The third kappa shape index (κ3) is 1.69. The normalized spacial score (nSPS) is 24.3. The van der Waals surface area contributed by atoms with Gasteiger partial charge in [-0.05, 0) is 43.5 Å². The zero-order valence-electron chi connectivity index (χ0n) is 11.2. The maximum atomic E-state index is 10.3. The minimum absolute atomic E-state index is 0.0917. The average molecular weight is 262 g/mol. The molecular formula is C14H18N2O3. The SMILES string of the molecule is COc1cc2c3c(c1O)/C(=N/O)CCC3N(C)CC2. The summed E-state index contributed by atoms with van der Waals surface area (Å²) in [7, 11) is 3.64. The Morgan fingerprint density at radius 1 is 1.42 bits per heavy atom. The second-order valence-electron chi connectivity index (χ2n) is 5.21. The highest BCUT2D eigenvalue weighted by molar-refractivity contribution is 6.06. The summed E-state index contributed by atoms with van der Waals surface area (Å²) < 4.78 is 5.23. The summed E-state index contributed by atoms with van der Waals surface area (Å²) in [6.45, 7) is 0.997. The van der Waals surface area contributed by atoms with Crippen molar-refractivity contribution < 1.29 is 15.1 Å².